The minimum Gasteiger partial charge on any atom is -0.106 e. The van der Waals surface area contributed by atoms with Crippen molar-refractivity contribution >= 4 is 9.93 Å². The molecule has 0 saturated heterocycles. The first kappa shape index (κ1) is 6.15. The molecule has 0 radical (unpaired) electrons. The molecule has 0 fully saturated rings. The van der Waals surface area contributed by atoms with E-state index in [1.807, 2.05) is 6.92 Å². The van der Waals surface area contributed by atoms with Crippen LogP contribution in [0.1, 0.15) is 6.92 Å². The lowest BCUT2D eigenvalue weighted by Crippen LogP contribution is -2.05. The van der Waals surface area contributed by atoms with Gasteiger partial charge in [0.05, 0.1) is 9.93 Å². The zero-order chi connectivity index (χ0) is 5.21. The monoisotopic (exact) mass is 107 g/mol. The number of rotatable bonds is 1. The molecule has 0 heterocycles. The maximum atomic E-state index is 10.6. The SMILES string of the molecule is CC[S+](C)(C)=O. The summed E-state index contributed by atoms with van der Waals surface area (Å²) < 4.78 is 10.6. The molecule has 0 aliphatic carbocycles. The van der Waals surface area contributed by atoms with Crippen LogP contribution < -0.4 is 0 Å². The minimum absolute atomic E-state index is 0.799. The van der Waals surface area contributed by atoms with Crippen LogP contribution in [0.4, 0.5) is 0 Å². The largest absolute Gasteiger partial charge is 0.108 e. The van der Waals surface area contributed by atoms with Gasteiger partial charge in [0, 0.05) is 0 Å². The van der Waals surface area contributed by atoms with Crippen molar-refractivity contribution < 1.29 is 4.21 Å². The fourth-order valence-corrected chi connectivity index (χ4v) is 0. The van der Waals surface area contributed by atoms with Crippen LogP contribution >= 0.6 is 0 Å². The smallest absolute Gasteiger partial charge is 0.106 e. The normalized spacial score (nSPS) is 11.8. The molecule has 0 aromatic rings. The van der Waals surface area contributed by atoms with Crippen molar-refractivity contribution in [1.82, 2.24) is 0 Å². The molecule has 0 aromatic carbocycles. The van der Waals surface area contributed by atoms with Crippen LogP contribution in [0.5, 0.6) is 0 Å². The summed E-state index contributed by atoms with van der Waals surface area (Å²) in [5.74, 6) is 0.799. The Balaban J connectivity index is 3.48. The molecule has 0 saturated carbocycles. The van der Waals surface area contributed by atoms with Gasteiger partial charge in [-0.25, -0.2) is 0 Å². The number of hydrogen-bond donors (Lipinski definition) is 0. The lowest BCUT2D eigenvalue weighted by molar-refractivity contribution is 0.591. The molecule has 0 amide bonds. The van der Waals surface area contributed by atoms with E-state index in [4.69, 9.17) is 0 Å². The molecule has 0 spiro atoms. The van der Waals surface area contributed by atoms with E-state index in [0.717, 1.165) is 5.75 Å². The molecule has 0 N–H and O–H groups in total. The van der Waals surface area contributed by atoms with E-state index < -0.39 is 9.93 Å². The van der Waals surface area contributed by atoms with Gasteiger partial charge < -0.3 is 0 Å². The van der Waals surface area contributed by atoms with Gasteiger partial charge in [-0.3, -0.25) is 0 Å². The Hall–Kier alpha value is 0.150. The summed E-state index contributed by atoms with van der Waals surface area (Å²) in [6, 6.07) is 0. The van der Waals surface area contributed by atoms with Crippen molar-refractivity contribution in [2.45, 2.75) is 6.92 Å². The summed E-state index contributed by atoms with van der Waals surface area (Å²) in [6.45, 7) is 1.93. The zero-order valence-electron chi connectivity index (χ0n) is 4.52. The molecule has 0 aromatic heterocycles. The molecule has 6 heavy (non-hydrogen) atoms. The average molecular weight is 107 g/mol. The third-order valence-electron chi connectivity index (χ3n) is 0.695. The van der Waals surface area contributed by atoms with Crippen LogP contribution in [0.25, 0.3) is 0 Å². The third kappa shape index (κ3) is 4.15. The summed E-state index contributed by atoms with van der Waals surface area (Å²) in [5.41, 5.74) is 0. The maximum Gasteiger partial charge on any atom is 0.108 e. The summed E-state index contributed by atoms with van der Waals surface area (Å²) in [7, 11) is -1.41. The van der Waals surface area contributed by atoms with E-state index in [1.165, 1.54) is 0 Å². The van der Waals surface area contributed by atoms with Gasteiger partial charge in [-0.15, -0.1) is 4.21 Å². The first-order chi connectivity index (χ1) is 2.56. The van der Waals surface area contributed by atoms with Crippen molar-refractivity contribution in [2.24, 2.45) is 0 Å². The second-order valence-corrected chi connectivity index (χ2v) is 5.18. The van der Waals surface area contributed by atoms with Crippen LogP contribution in [0.3, 0.4) is 0 Å². The quantitative estimate of drug-likeness (QED) is 0.452. The Morgan fingerprint density at radius 3 is 1.67 bits per heavy atom. The fourth-order valence-electron chi connectivity index (χ4n) is 0. The van der Waals surface area contributed by atoms with Gasteiger partial charge in [0.2, 0.25) is 0 Å². The minimum atomic E-state index is -1.41. The molecule has 0 atom stereocenters. The molecule has 0 aliphatic heterocycles. The van der Waals surface area contributed by atoms with Gasteiger partial charge in [0.25, 0.3) is 0 Å². The van der Waals surface area contributed by atoms with Crippen molar-refractivity contribution in [1.29, 1.82) is 0 Å². The van der Waals surface area contributed by atoms with Gasteiger partial charge in [-0.05, 0) is 6.92 Å². The van der Waals surface area contributed by atoms with Gasteiger partial charge in [-0.1, -0.05) is 0 Å². The highest BCUT2D eigenvalue weighted by Gasteiger charge is 2.04. The van der Waals surface area contributed by atoms with Crippen LogP contribution in [0.2, 0.25) is 0 Å². The topological polar surface area (TPSA) is 17.1 Å². The molecule has 2 heteroatoms. The summed E-state index contributed by atoms with van der Waals surface area (Å²) >= 11 is 0. The Kier molecular flexibility index (Phi) is 1.78. The standard InChI is InChI=1S/C4H11OS/c1-4-6(2,3)5/h4H2,1-3H3/q+1. The maximum absolute atomic E-state index is 10.6. The summed E-state index contributed by atoms with van der Waals surface area (Å²) in [5, 5.41) is 0. The molecule has 0 unspecified atom stereocenters. The Bertz CT molecular complexity index is 71.6. The highest BCUT2D eigenvalue weighted by Crippen LogP contribution is 1.88. The second-order valence-electron chi connectivity index (χ2n) is 1.73. The average Bonchev–Trinajstić information content (AvgIpc) is 1.35. The van der Waals surface area contributed by atoms with E-state index in [9.17, 15) is 4.21 Å². The van der Waals surface area contributed by atoms with Crippen molar-refractivity contribution in [3.05, 3.63) is 0 Å². The Morgan fingerprint density at radius 1 is 1.50 bits per heavy atom. The lowest BCUT2D eigenvalue weighted by atomic mass is 11.0. The first-order valence-corrected chi connectivity index (χ1v) is 4.52. The first-order valence-electron chi connectivity index (χ1n) is 1.98. The van der Waals surface area contributed by atoms with Crippen LogP contribution in [0.15, 0.2) is 0 Å². The van der Waals surface area contributed by atoms with Crippen LogP contribution in [-0.4, -0.2) is 18.3 Å². The number of hydrogen-bond acceptors (Lipinski definition) is 1. The predicted octanol–water partition coefficient (Wildman–Crippen LogP) is 0.765. The lowest BCUT2D eigenvalue weighted by Gasteiger charge is -1.89. The highest BCUT2D eigenvalue weighted by atomic mass is 32.2. The van der Waals surface area contributed by atoms with Crippen molar-refractivity contribution in [2.75, 3.05) is 18.3 Å². The van der Waals surface area contributed by atoms with Gasteiger partial charge >= 0.3 is 0 Å². The molecule has 0 bridgehead atoms. The van der Waals surface area contributed by atoms with Crippen molar-refractivity contribution in [3.8, 4) is 0 Å². The van der Waals surface area contributed by atoms with E-state index in [-0.39, 0.29) is 0 Å². The zero-order valence-corrected chi connectivity index (χ0v) is 5.34. The fraction of sp³-hybridized carbons (Fsp3) is 1.00. The molecular weight excluding hydrogens is 96.1 g/mol. The van der Waals surface area contributed by atoms with Crippen LogP contribution in [0, 0.1) is 0 Å². The van der Waals surface area contributed by atoms with E-state index in [0.29, 0.717) is 0 Å². The van der Waals surface area contributed by atoms with E-state index >= 15 is 0 Å². The molecule has 1 nitrogen and oxygen atoms in total. The summed E-state index contributed by atoms with van der Waals surface area (Å²) in [4.78, 5) is 0. The summed E-state index contributed by atoms with van der Waals surface area (Å²) in [6.07, 6.45) is 3.54. The highest BCUT2D eigenvalue weighted by molar-refractivity contribution is 8.01. The molecular formula is C4H11OS+. The van der Waals surface area contributed by atoms with Crippen LogP contribution in [-0.2, 0) is 14.1 Å². The van der Waals surface area contributed by atoms with E-state index in [2.05, 4.69) is 0 Å². The van der Waals surface area contributed by atoms with Crippen molar-refractivity contribution in [3.63, 3.8) is 0 Å². The van der Waals surface area contributed by atoms with Gasteiger partial charge in [0.15, 0.2) is 0 Å². The van der Waals surface area contributed by atoms with E-state index in [1.54, 1.807) is 12.5 Å². The molecule has 0 aliphatic rings. The molecule has 0 rings (SSSR count). The van der Waals surface area contributed by atoms with Gasteiger partial charge in [-0.2, -0.15) is 0 Å². The third-order valence-corrected chi connectivity index (χ3v) is 2.09. The Labute approximate surface area is 40.2 Å². The molecule has 38 valence electrons. The predicted molar refractivity (Wildman–Crippen MR) is 30.4 cm³/mol. The Morgan fingerprint density at radius 2 is 1.67 bits per heavy atom. The van der Waals surface area contributed by atoms with Gasteiger partial charge in [0.1, 0.15) is 18.3 Å². The second kappa shape index (κ2) is 1.73.